The van der Waals surface area contributed by atoms with Crippen molar-refractivity contribution in [3.8, 4) is 0 Å². The molecule has 0 amide bonds. The number of esters is 2. The normalized spacial score (nSPS) is 13.4. The van der Waals surface area contributed by atoms with Crippen molar-refractivity contribution in [2.75, 3.05) is 41.0 Å². The van der Waals surface area contributed by atoms with Gasteiger partial charge in [-0.3, -0.25) is 9.59 Å². The van der Waals surface area contributed by atoms with Crippen molar-refractivity contribution in [1.82, 2.24) is 0 Å². The molecule has 0 radical (unpaired) electrons. The lowest BCUT2D eigenvalue weighted by Gasteiger charge is -2.34. The minimum atomic E-state index is -1.13. The molecule has 0 fully saturated rings. The number of carboxylic acid groups (broad SMARTS) is 1. The first kappa shape index (κ1) is 53.3. The molecule has 2 atom stereocenters. The Bertz CT molecular complexity index is 1060. The van der Waals surface area contributed by atoms with E-state index < -0.39 is 18.1 Å². The summed E-state index contributed by atoms with van der Waals surface area (Å²) < 4.78 is 17.1. The van der Waals surface area contributed by atoms with Crippen LogP contribution in [0.3, 0.4) is 0 Å². The Morgan fingerprint density at radius 1 is 0.536 bits per heavy atom. The number of carbonyl (C=O) groups is 3. The van der Waals surface area contributed by atoms with Gasteiger partial charge in [-0.2, -0.15) is 0 Å². The van der Waals surface area contributed by atoms with Crippen molar-refractivity contribution >= 4 is 17.9 Å². The van der Waals surface area contributed by atoms with E-state index >= 15 is 0 Å². The van der Waals surface area contributed by atoms with E-state index in [4.69, 9.17) is 14.2 Å². The smallest absolute Gasteiger partial charge is 0.306 e. The lowest BCUT2D eigenvalue weighted by Crippen LogP contribution is -2.55. The number of quaternary nitrogens is 1. The van der Waals surface area contributed by atoms with Crippen LogP contribution in [0.4, 0.5) is 0 Å². The molecule has 0 saturated heterocycles. The molecule has 0 saturated carbocycles. The molecule has 8 heteroatoms. The minimum Gasteiger partial charge on any atom is -0.544 e. The number of carbonyl (C=O) groups excluding carboxylic acids is 3. The second kappa shape index (κ2) is 39.1. The Balaban J connectivity index is 4.27. The van der Waals surface area contributed by atoms with Crippen LogP contribution >= 0.6 is 0 Å². The minimum absolute atomic E-state index is 0.0344. The molecule has 0 aliphatic rings. The van der Waals surface area contributed by atoms with Gasteiger partial charge >= 0.3 is 11.9 Å². The monoisotopic (exact) mass is 788 g/mol. The SMILES string of the molecule is CCCC/C=C/CCCCCCC(=O)OCC(COCCC(C(=O)[O-])[N+](C)(C)C)OC(=O)CCCCCCCCCCC/C=C/C/C=C/C/C=C/CCCCC. The van der Waals surface area contributed by atoms with Crippen LogP contribution in [-0.4, -0.2) is 75.5 Å². The number of hydrogen-bond donors (Lipinski definition) is 0. The van der Waals surface area contributed by atoms with Crippen molar-refractivity contribution in [3.05, 3.63) is 48.6 Å². The van der Waals surface area contributed by atoms with Crippen molar-refractivity contribution < 1.29 is 38.2 Å². The van der Waals surface area contributed by atoms with Crippen LogP contribution in [0.5, 0.6) is 0 Å². The summed E-state index contributed by atoms with van der Waals surface area (Å²) in [7, 11) is 5.40. The highest BCUT2D eigenvalue weighted by Gasteiger charge is 2.25. The van der Waals surface area contributed by atoms with Crippen LogP contribution in [-0.2, 0) is 28.6 Å². The quantitative estimate of drug-likeness (QED) is 0.0264. The van der Waals surface area contributed by atoms with Gasteiger partial charge in [0.25, 0.3) is 0 Å². The van der Waals surface area contributed by atoms with Gasteiger partial charge in [0.15, 0.2) is 6.10 Å². The van der Waals surface area contributed by atoms with Crippen LogP contribution < -0.4 is 5.11 Å². The summed E-state index contributed by atoms with van der Waals surface area (Å²) in [5, 5.41) is 11.6. The molecular weight excluding hydrogens is 703 g/mol. The van der Waals surface area contributed by atoms with Crippen LogP contribution in [0, 0.1) is 0 Å². The van der Waals surface area contributed by atoms with E-state index in [1.165, 1.54) is 77.0 Å². The highest BCUT2D eigenvalue weighted by molar-refractivity contribution is 5.70. The van der Waals surface area contributed by atoms with Crippen molar-refractivity contribution in [1.29, 1.82) is 0 Å². The maximum Gasteiger partial charge on any atom is 0.306 e. The molecule has 8 nitrogen and oxygen atoms in total. The number of unbranched alkanes of at least 4 members (excludes halogenated alkanes) is 18. The Kier molecular flexibility index (Phi) is 37.2. The predicted octanol–water partition coefficient (Wildman–Crippen LogP) is 11.1. The number of allylic oxidation sites excluding steroid dienone is 8. The second-order valence-electron chi connectivity index (χ2n) is 16.3. The molecule has 56 heavy (non-hydrogen) atoms. The number of rotatable bonds is 40. The maximum absolute atomic E-state index is 12.7. The average Bonchev–Trinajstić information content (AvgIpc) is 3.15. The second-order valence-corrected chi connectivity index (χ2v) is 16.3. The zero-order chi connectivity index (χ0) is 41.4. The van der Waals surface area contributed by atoms with E-state index in [1.807, 2.05) is 0 Å². The van der Waals surface area contributed by atoms with Gasteiger partial charge < -0.3 is 28.6 Å². The third kappa shape index (κ3) is 36.9. The summed E-state index contributed by atoms with van der Waals surface area (Å²) in [6.45, 7) is 4.57. The Morgan fingerprint density at radius 3 is 1.46 bits per heavy atom. The zero-order valence-electron chi connectivity index (χ0n) is 36.8. The zero-order valence-corrected chi connectivity index (χ0v) is 36.8. The highest BCUT2D eigenvalue weighted by Crippen LogP contribution is 2.14. The van der Waals surface area contributed by atoms with Crippen LogP contribution in [0.1, 0.15) is 187 Å². The highest BCUT2D eigenvalue weighted by atomic mass is 16.6. The molecular formula is C48H85NO7. The van der Waals surface area contributed by atoms with Crippen LogP contribution in [0.2, 0.25) is 0 Å². The lowest BCUT2D eigenvalue weighted by atomic mass is 10.1. The fourth-order valence-electron chi connectivity index (χ4n) is 6.35. The molecule has 324 valence electrons. The molecule has 0 rings (SSSR count). The van der Waals surface area contributed by atoms with E-state index in [9.17, 15) is 19.5 Å². The van der Waals surface area contributed by atoms with E-state index in [1.54, 1.807) is 21.1 Å². The van der Waals surface area contributed by atoms with E-state index in [0.717, 1.165) is 77.0 Å². The summed E-state index contributed by atoms with van der Waals surface area (Å²) in [5.74, 6) is -1.76. The molecule has 2 unspecified atom stereocenters. The number of ether oxygens (including phenoxy) is 3. The Morgan fingerprint density at radius 2 is 0.964 bits per heavy atom. The lowest BCUT2D eigenvalue weighted by molar-refractivity contribution is -0.889. The number of nitrogens with zero attached hydrogens (tertiary/aromatic N) is 1. The largest absolute Gasteiger partial charge is 0.544 e. The maximum atomic E-state index is 12.7. The number of aliphatic carboxylic acids is 1. The van der Waals surface area contributed by atoms with Crippen molar-refractivity contribution in [2.24, 2.45) is 0 Å². The molecule has 0 aliphatic carbocycles. The molecule has 0 heterocycles. The van der Waals surface area contributed by atoms with Gasteiger partial charge in [-0.05, 0) is 70.6 Å². The standard InChI is InChI=1S/C48H85NO7/c1-6-8-10-12-14-16-18-19-20-21-22-23-24-25-26-27-28-29-31-33-35-37-39-47(51)56-44(42-54-41-40-45(48(52)53)49(3,4)5)43-55-46(50)38-36-34-32-30-17-15-13-11-9-7-2/h13-16,19-20,22-23,44-45H,6-12,17-18,21,24-43H2,1-5H3/b15-13+,16-14+,20-19+,23-22+. The molecule has 0 bridgehead atoms. The van der Waals surface area contributed by atoms with Gasteiger partial charge in [-0.25, -0.2) is 0 Å². The first-order valence-corrected chi connectivity index (χ1v) is 22.7. The van der Waals surface area contributed by atoms with Gasteiger partial charge in [-0.1, -0.05) is 146 Å². The van der Waals surface area contributed by atoms with Crippen molar-refractivity contribution in [2.45, 2.75) is 199 Å². The number of hydrogen-bond acceptors (Lipinski definition) is 7. The number of carboxylic acids is 1. The first-order chi connectivity index (χ1) is 27.1. The fourth-order valence-corrected chi connectivity index (χ4v) is 6.35. The van der Waals surface area contributed by atoms with Crippen molar-refractivity contribution in [3.63, 3.8) is 0 Å². The van der Waals surface area contributed by atoms with Gasteiger partial charge in [0.1, 0.15) is 12.6 Å². The van der Waals surface area contributed by atoms with Gasteiger partial charge in [0.2, 0.25) is 0 Å². The Labute approximate surface area is 344 Å². The summed E-state index contributed by atoms with van der Waals surface area (Å²) in [4.78, 5) is 36.8. The molecule has 0 aliphatic heterocycles. The van der Waals surface area contributed by atoms with Gasteiger partial charge in [0, 0.05) is 19.3 Å². The molecule has 0 aromatic carbocycles. The predicted molar refractivity (Wildman–Crippen MR) is 231 cm³/mol. The average molecular weight is 788 g/mol. The third-order valence-electron chi connectivity index (χ3n) is 9.94. The first-order valence-electron chi connectivity index (χ1n) is 22.7. The summed E-state index contributed by atoms with van der Waals surface area (Å²) >= 11 is 0. The number of likely N-dealkylation sites (N-methyl/N-ethyl adjacent to an activating group) is 1. The molecule has 0 N–H and O–H groups in total. The van der Waals surface area contributed by atoms with Gasteiger partial charge in [-0.15, -0.1) is 0 Å². The summed E-state index contributed by atoms with van der Waals surface area (Å²) in [6.07, 6.45) is 45.7. The van der Waals surface area contributed by atoms with E-state index in [-0.39, 0.29) is 42.7 Å². The van der Waals surface area contributed by atoms with Gasteiger partial charge in [0.05, 0.1) is 40.3 Å². The van der Waals surface area contributed by atoms with Crippen LogP contribution in [0.25, 0.3) is 0 Å². The third-order valence-corrected chi connectivity index (χ3v) is 9.94. The Hall–Kier alpha value is -2.71. The molecule has 0 aromatic heterocycles. The fraction of sp³-hybridized carbons (Fsp3) is 0.771. The molecule has 0 spiro atoms. The van der Waals surface area contributed by atoms with E-state index in [0.29, 0.717) is 12.8 Å². The topological polar surface area (TPSA) is 102 Å². The van der Waals surface area contributed by atoms with Crippen LogP contribution in [0.15, 0.2) is 48.6 Å². The van der Waals surface area contributed by atoms with E-state index in [2.05, 4.69) is 62.5 Å². The summed E-state index contributed by atoms with van der Waals surface area (Å²) in [6, 6.07) is -0.728. The molecule has 0 aromatic rings. The summed E-state index contributed by atoms with van der Waals surface area (Å²) in [5.41, 5.74) is 0.